The van der Waals surface area contributed by atoms with Gasteiger partial charge in [-0.1, -0.05) is 18.6 Å². The van der Waals surface area contributed by atoms with Crippen molar-refractivity contribution >= 4 is 17.6 Å². The van der Waals surface area contributed by atoms with Gasteiger partial charge in [0.15, 0.2) is 6.10 Å². The van der Waals surface area contributed by atoms with Crippen LogP contribution in [0.4, 0.5) is 4.39 Å². The molecule has 0 aromatic rings. The molecule has 2 aliphatic carbocycles. The van der Waals surface area contributed by atoms with Crippen LogP contribution in [0.5, 0.6) is 0 Å². The number of esters is 1. The number of aliphatic hydroxyl groups is 1. The van der Waals surface area contributed by atoms with Crippen LogP contribution in [0, 0.1) is 29.1 Å². The standard InChI is InChI=1S/C23H27FN2O4/c1-10-11-4-3-5-12-13-8-26-17(19(13)25-16(18(11)12)7-15(10)24)6-14-20(27)21(28)30-9-23(14,2)22(26)29/h6,10-11,14-16,18,20,27H,3-5,7-9H2,1-2H3/t10?,11?,14?,15?,16?,18?,20-,23?/m1/s1. The number of rotatable bonds is 0. The zero-order valence-electron chi connectivity index (χ0n) is 17.3. The molecule has 0 bridgehead atoms. The van der Waals surface area contributed by atoms with Crippen molar-refractivity contribution in [3.63, 3.8) is 0 Å². The minimum atomic E-state index is -1.36. The first kappa shape index (κ1) is 18.7. The Bertz CT molecular complexity index is 955. The van der Waals surface area contributed by atoms with E-state index < -0.39 is 29.6 Å². The van der Waals surface area contributed by atoms with Gasteiger partial charge in [0.2, 0.25) is 5.91 Å². The average molecular weight is 414 g/mol. The van der Waals surface area contributed by atoms with E-state index in [1.165, 1.54) is 5.57 Å². The lowest BCUT2D eigenvalue weighted by atomic mass is 9.59. The second-order valence-electron chi connectivity index (χ2n) is 10.2. The maximum absolute atomic E-state index is 14.8. The smallest absolute Gasteiger partial charge is 0.335 e. The van der Waals surface area contributed by atoms with E-state index in [1.54, 1.807) is 11.8 Å². The van der Waals surface area contributed by atoms with E-state index in [0.717, 1.165) is 30.5 Å². The fourth-order valence-corrected chi connectivity index (χ4v) is 6.96. The molecule has 0 spiro atoms. The van der Waals surface area contributed by atoms with Crippen LogP contribution in [-0.2, 0) is 14.3 Å². The van der Waals surface area contributed by atoms with Crippen LogP contribution in [0.3, 0.4) is 0 Å². The lowest BCUT2D eigenvalue weighted by Gasteiger charge is -2.48. The number of alkyl halides is 1. The zero-order chi connectivity index (χ0) is 20.9. The summed E-state index contributed by atoms with van der Waals surface area (Å²) in [4.78, 5) is 32.2. The largest absolute Gasteiger partial charge is 0.463 e. The molecule has 2 saturated heterocycles. The summed E-state index contributed by atoms with van der Waals surface area (Å²) in [6.45, 7) is 4.25. The van der Waals surface area contributed by atoms with Gasteiger partial charge in [0, 0.05) is 18.3 Å². The third-order valence-electron chi connectivity index (χ3n) is 8.70. The predicted octanol–water partition coefficient (Wildman–Crippen LogP) is 2.18. The number of aliphatic imine (C=N–C) groups is 1. The van der Waals surface area contributed by atoms with E-state index >= 15 is 0 Å². The van der Waals surface area contributed by atoms with E-state index in [2.05, 4.69) is 0 Å². The van der Waals surface area contributed by atoms with Crippen molar-refractivity contribution in [2.75, 3.05) is 13.2 Å². The van der Waals surface area contributed by atoms with Crippen LogP contribution in [0.1, 0.15) is 39.5 Å². The number of allylic oxidation sites excluding steroid dienone is 1. The van der Waals surface area contributed by atoms with Gasteiger partial charge >= 0.3 is 5.97 Å². The van der Waals surface area contributed by atoms with Gasteiger partial charge in [-0.2, -0.15) is 0 Å². The van der Waals surface area contributed by atoms with Gasteiger partial charge in [-0.15, -0.1) is 0 Å². The lowest BCUT2D eigenvalue weighted by molar-refractivity contribution is -0.182. The number of dihydropyridines is 1. The molecule has 6 rings (SSSR count). The predicted molar refractivity (Wildman–Crippen MR) is 106 cm³/mol. The van der Waals surface area contributed by atoms with Gasteiger partial charge in [-0.25, -0.2) is 9.18 Å². The quantitative estimate of drug-likeness (QED) is 0.617. The number of halogens is 1. The van der Waals surface area contributed by atoms with Crippen molar-refractivity contribution < 1.29 is 23.8 Å². The van der Waals surface area contributed by atoms with Gasteiger partial charge < -0.3 is 14.7 Å². The maximum Gasteiger partial charge on any atom is 0.335 e. The van der Waals surface area contributed by atoms with Gasteiger partial charge in [-0.3, -0.25) is 9.79 Å². The first-order chi connectivity index (χ1) is 14.3. The Morgan fingerprint density at radius 1 is 1.37 bits per heavy atom. The molecule has 6 aliphatic rings. The molecule has 2 saturated carbocycles. The number of ether oxygens (including phenoxy) is 1. The monoisotopic (exact) mass is 414 g/mol. The highest BCUT2D eigenvalue weighted by Crippen LogP contribution is 2.54. The third kappa shape index (κ3) is 2.19. The Balaban J connectivity index is 1.48. The molecule has 1 N–H and O–H groups in total. The summed E-state index contributed by atoms with van der Waals surface area (Å²) in [5.41, 5.74) is 2.98. The number of amides is 1. The third-order valence-corrected chi connectivity index (χ3v) is 8.70. The Kier molecular flexibility index (Phi) is 3.76. The van der Waals surface area contributed by atoms with Crippen molar-refractivity contribution in [1.82, 2.24) is 4.90 Å². The molecule has 0 aromatic carbocycles. The number of nitrogens with zero attached hydrogens (tertiary/aromatic N) is 2. The molecule has 8 atom stereocenters. The Labute approximate surface area is 174 Å². The molecule has 1 amide bonds. The van der Waals surface area contributed by atoms with E-state index in [4.69, 9.17) is 9.73 Å². The molecule has 30 heavy (non-hydrogen) atoms. The minimum Gasteiger partial charge on any atom is -0.463 e. The number of cyclic esters (lactones) is 1. The Morgan fingerprint density at radius 3 is 2.97 bits per heavy atom. The molecule has 0 aromatic heterocycles. The summed E-state index contributed by atoms with van der Waals surface area (Å²) in [7, 11) is 0. The fourth-order valence-electron chi connectivity index (χ4n) is 6.96. The second-order valence-corrected chi connectivity index (χ2v) is 10.2. The molecule has 4 fully saturated rings. The van der Waals surface area contributed by atoms with E-state index in [-0.39, 0.29) is 30.4 Å². The number of fused-ring (bicyclic) bond motifs is 4. The Hall–Kier alpha value is -2.02. The number of carbonyl (C=O) groups is 2. The maximum atomic E-state index is 14.8. The van der Waals surface area contributed by atoms with Crippen LogP contribution in [0.25, 0.3) is 0 Å². The molecule has 6 nitrogen and oxygen atoms in total. The summed E-state index contributed by atoms with van der Waals surface area (Å²) in [6.07, 6.45) is 3.14. The summed E-state index contributed by atoms with van der Waals surface area (Å²) < 4.78 is 19.9. The van der Waals surface area contributed by atoms with Crippen LogP contribution in [0.2, 0.25) is 0 Å². The minimum absolute atomic E-state index is 0.0283. The molecular weight excluding hydrogens is 387 g/mol. The summed E-state index contributed by atoms with van der Waals surface area (Å²) in [6, 6.07) is -0.0826. The molecule has 7 unspecified atom stereocenters. The summed E-state index contributed by atoms with van der Waals surface area (Å²) in [5, 5.41) is 10.5. The number of aliphatic hydroxyl groups excluding tert-OH is 1. The average Bonchev–Trinajstić information content (AvgIpc) is 3.10. The molecule has 7 heteroatoms. The number of hydrogen-bond acceptors (Lipinski definition) is 5. The fraction of sp³-hybridized carbons (Fsp3) is 0.696. The van der Waals surface area contributed by atoms with Crippen molar-refractivity contribution in [3.05, 3.63) is 22.9 Å². The molecular formula is C23H27FN2O4. The van der Waals surface area contributed by atoms with Crippen molar-refractivity contribution in [3.8, 4) is 0 Å². The second kappa shape index (κ2) is 6.02. The number of carbonyl (C=O) groups excluding carboxylic acids is 2. The first-order valence-corrected chi connectivity index (χ1v) is 11.1. The highest BCUT2D eigenvalue weighted by Gasteiger charge is 2.59. The zero-order valence-corrected chi connectivity index (χ0v) is 17.3. The van der Waals surface area contributed by atoms with Crippen LogP contribution in [-0.4, -0.2) is 59.1 Å². The van der Waals surface area contributed by atoms with Gasteiger partial charge in [0.05, 0.1) is 29.4 Å². The van der Waals surface area contributed by atoms with E-state index in [0.29, 0.717) is 24.6 Å². The molecule has 4 aliphatic heterocycles. The van der Waals surface area contributed by atoms with Crippen molar-refractivity contribution in [2.45, 2.75) is 57.8 Å². The summed E-state index contributed by atoms with van der Waals surface area (Å²) >= 11 is 0. The van der Waals surface area contributed by atoms with Crippen molar-refractivity contribution in [2.24, 2.45) is 34.1 Å². The topological polar surface area (TPSA) is 79.2 Å². The molecule has 160 valence electrons. The molecule has 0 radical (unpaired) electrons. The van der Waals surface area contributed by atoms with Gasteiger partial charge in [0.1, 0.15) is 12.8 Å². The number of hydrogen-bond donors (Lipinski definition) is 1. The molecule has 4 heterocycles. The lowest BCUT2D eigenvalue weighted by Crippen LogP contribution is -2.58. The van der Waals surface area contributed by atoms with E-state index in [9.17, 15) is 19.1 Å². The SMILES string of the molecule is CC1C(F)CC2N=C3C4=CC5[C@@H](O)C(=O)OCC5(C)C(=O)N4CC3=C3CCCC1C32. The van der Waals surface area contributed by atoms with Gasteiger partial charge in [0.25, 0.3) is 0 Å². The van der Waals surface area contributed by atoms with Gasteiger partial charge in [-0.05, 0) is 43.6 Å². The highest BCUT2D eigenvalue weighted by molar-refractivity contribution is 6.19. The van der Waals surface area contributed by atoms with Crippen LogP contribution < -0.4 is 0 Å². The van der Waals surface area contributed by atoms with Crippen molar-refractivity contribution in [1.29, 1.82) is 0 Å². The Morgan fingerprint density at radius 2 is 2.17 bits per heavy atom. The van der Waals surface area contributed by atoms with Crippen LogP contribution >= 0.6 is 0 Å². The normalized spacial score (nSPS) is 46.9. The first-order valence-electron chi connectivity index (χ1n) is 11.1. The summed E-state index contributed by atoms with van der Waals surface area (Å²) in [5.74, 6) is -0.811. The van der Waals surface area contributed by atoms with E-state index in [1.807, 2.05) is 13.0 Å². The highest BCUT2D eigenvalue weighted by atomic mass is 19.1. The van der Waals surface area contributed by atoms with Crippen LogP contribution in [0.15, 0.2) is 27.9 Å².